The van der Waals surface area contributed by atoms with Crippen molar-refractivity contribution in [1.29, 1.82) is 0 Å². The molecule has 0 aliphatic heterocycles. The minimum atomic E-state index is 0.741. The fourth-order valence-corrected chi connectivity index (χ4v) is 2.59. The Morgan fingerprint density at radius 3 is 2.56 bits per heavy atom. The predicted molar refractivity (Wildman–Crippen MR) is 75.7 cm³/mol. The first kappa shape index (κ1) is 13.1. The van der Waals surface area contributed by atoms with E-state index in [-0.39, 0.29) is 0 Å². The molecule has 1 N–H and O–H groups in total. The molecule has 2 rings (SSSR count). The number of hydrogen-bond donors (Lipinski definition) is 1. The lowest BCUT2D eigenvalue weighted by atomic mass is 10.1. The maximum absolute atomic E-state index is 5.17. The summed E-state index contributed by atoms with van der Waals surface area (Å²) in [5, 5.41) is 3.11. The molecule has 0 spiro atoms. The van der Waals surface area contributed by atoms with Gasteiger partial charge in [0.2, 0.25) is 0 Å². The van der Waals surface area contributed by atoms with E-state index < -0.39 is 0 Å². The Labute approximate surface area is 115 Å². The summed E-state index contributed by atoms with van der Waals surface area (Å²) < 4.78 is 8.11. The van der Waals surface area contributed by atoms with Crippen LogP contribution in [0.1, 0.15) is 5.82 Å². The van der Waals surface area contributed by atoms with Gasteiger partial charge in [0.15, 0.2) is 0 Å². The van der Waals surface area contributed by atoms with Crippen LogP contribution in [-0.2, 0) is 13.6 Å². The first-order chi connectivity index (χ1) is 8.67. The first-order valence-corrected chi connectivity index (χ1v) is 6.46. The predicted octanol–water partition coefficient (Wildman–Crippen LogP) is 2.58. The average Bonchev–Trinajstić information content (AvgIpc) is 2.65. The number of nitrogens with one attached hydrogen (secondary N) is 1. The summed E-state index contributed by atoms with van der Waals surface area (Å²) in [5.41, 5.74) is 2.18. The molecule has 0 atom stereocenters. The molecule has 0 radical (unpaired) electrons. The number of imidazole rings is 1. The number of methoxy groups -OCH3 is 1. The zero-order valence-corrected chi connectivity index (χ0v) is 12.3. The standard InChI is InChI=1S/C13H16BrN3O/c1-15-8-11-16-13(14)12(17(11)2)9-4-6-10(18-3)7-5-9/h4-7,15H,8H2,1-3H3. The summed E-state index contributed by atoms with van der Waals surface area (Å²) in [6.45, 7) is 0.741. The molecule has 5 heteroatoms. The van der Waals surface area contributed by atoms with E-state index in [1.54, 1.807) is 7.11 Å². The molecule has 0 saturated heterocycles. The van der Waals surface area contributed by atoms with E-state index in [9.17, 15) is 0 Å². The van der Waals surface area contributed by atoms with Gasteiger partial charge in [0.25, 0.3) is 0 Å². The molecule has 18 heavy (non-hydrogen) atoms. The number of hydrogen-bond acceptors (Lipinski definition) is 3. The Hall–Kier alpha value is -1.33. The number of aromatic nitrogens is 2. The van der Waals surface area contributed by atoms with Crippen molar-refractivity contribution in [2.24, 2.45) is 7.05 Å². The van der Waals surface area contributed by atoms with Crippen molar-refractivity contribution in [1.82, 2.24) is 14.9 Å². The van der Waals surface area contributed by atoms with Gasteiger partial charge in [-0.1, -0.05) is 0 Å². The van der Waals surface area contributed by atoms with Gasteiger partial charge in [0, 0.05) is 12.6 Å². The maximum Gasteiger partial charge on any atom is 0.132 e. The SMILES string of the molecule is CNCc1nc(Br)c(-c2ccc(OC)cc2)n1C. The molecule has 0 amide bonds. The van der Waals surface area contributed by atoms with E-state index in [2.05, 4.69) is 30.8 Å². The van der Waals surface area contributed by atoms with Gasteiger partial charge in [0.05, 0.1) is 19.3 Å². The van der Waals surface area contributed by atoms with Gasteiger partial charge in [-0.15, -0.1) is 0 Å². The van der Waals surface area contributed by atoms with Gasteiger partial charge in [0.1, 0.15) is 16.2 Å². The molecule has 0 unspecified atom stereocenters. The van der Waals surface area contributed by atoms with E-state index in [0.717, 1.165) is 34.0 Å². The second kappa shape index (κ2) is 5.54. The van der Waals surface area contributed by atoms with Crippen LogP contribution in [0.4, 0.5) is 0 Å². The third kappa shape index (κ3) is 2.42. The van der Waals surface area contributed by atoms with Gasteiger partial charge in [-0.3, -0.25) is 0 Å². The van der Waals surface area contributed by atoms with Crippen molar-refractivity contribution in [2.45, 2.75) is 6.54 Å². The molecule has 0 aliphatic carbocycles. The highest BCUT2D eigenvalue weighted by molar-refractivity contribution is 9.10. The maximum atomic E-state index is 5.17. The molecule has 0 saturated carbocycles. The number of halogens is 1. The van der Waals surface area contributed by atoms with E-state index >= 15 is 0 Å². The second-order valence-corrected chi connectivity index (χ2v) is 4.74. The Morgan fingerprint density at radius 2 is 2.00 bits per heavy atom. The van der Waals surface area contributed by atoms with Gasteiger partial charge in [-0.2, -0.15) is 0 Å². The molecule has 0 bridgehead atoms. The summed E-state index contributed by atoms with van der Waals surface area (Å²) in [6.07, 6.45) is 0. The molecule has 0 aliphatic rings. The molecule has 0 fully saturated rings. The molecular weight excluding hydrogens is 294 g/mol. The molecular formula is C13H16BrN3O. The van der Waals surface area contributed by atoms with Gasteiger partial charge < -0.3 is 14.6 Å². The zero-order chi connectivity index (χ0) is 13.1. The van der Waals surface area contributed by atoms with Crippen molar-refractivity contribution in [3.8, 4) is 17.0 Å². The fourth-order valence-electron chi connectivity index (χ4n) is 1.89. The zero-order valence-electron chi connectivity index (χ0n) is 10.7. The summed E-state index contributed by atoms with van der Waals surface area (Å²) in [6, 6.07) is 7.96. The molecule has 2 aromatic rings. The molecule has 1 aromatic heterocycles. The van der Waals surface area contributed by atoms with Crippen LogP contribution in [0.3, 0.4) is 0 Å². The van der Waals surface area contributed by atoms with Crippen molar-refractivity contribution in [3.63, 3.8) is 0 Å². The lowest BCUT2D eigenvalue weighted by molar-refractivity contribution is 0.415. The summed E-state index contributed by atoms with van der Waals surface area (Å²) in [7, 11) is 5.60. The second-order valence-electron chi connectivity index (χ2n) is 3.99. The Balaban J connectivity index is 2.43. The van der Waals surface area contributed by atoms with Gasteiger partial charge in [-0.05, 0) is 47.2 Å². The minimum Gasteiger partial charge on any atom is -0.497 e. The van der Waals surface area contributed by atoms with Crippen LogP contribution >= 0.6 is 15.9 Å². The van der Waals surface area contributed by atoms with E-state index in [1.165, 1.54) is 0 Å². The summed E-state index contributed by atoms with van der Waals surface area (Å²) >= 11 is 3.52. The average molecular weight is 310 g/mol. The third-order valence-corrected chi connectivity index (χ3v) is 3.40. The number of nitrogens with zero attached hydrogens (tertiary/aromatic N) is 2. The lowest BCUT2D eigenvalue weighted by Gasteiger charge is -2.07. The Bertz CT molecular complexity index is 534. The minimum absolute atomic E-state index is 0.741. The van der Waals surface area contributed by atoms with Crippen LogP contribution < -0.4 is 10.1 Å². The van der Waals surface area contributed by atoms with Crippen LogP contribution in [-0.4, -0.2) is 23.7 Å². The monoisotopic (exact) mass is 309 g/mol. The van der Waals surface area contributed by atoms with Crippen molar-refractivity contribution < 1.29 is 4.74 Å². The first-order valence-electron chi connectivity index (χ1n) is 5.67. The van der Waals surface area contributed by atoms with Crippen LogP contribution in [0, 0.1) is 0 Å². The van der Waals surface area contributed by atoms with Gasteiger partial charge >= 0.3 is 0 Å². The number of benzene rings is 1. The lowest BCUT2D eigenvalue weighted by Crippen LogP contribution is -2.10. The van der Waals surface area contributed by atoms with Crippen LogP contribution in [0.25, 0.3) is 11.3 Å². The van der Waals surface area contributed by atoms with E-state index in [4.69, 9.17) is 4.74 Å². The summed E-state index contributed by atoms with van der Waals surface area (Å²) in [5.74, 6) is 1.85. The highest BCUT2D eigenvalue weighted by Crippen LogP contribution is 2.29. The third-order valence-electron chi connectivity index (χ3n) is 2.84. The van der Waals surface area contributed by atoms with Crippen molar-refractivity contribution >= 4 is 15.9 Å². The Morgan fingerprint density at radius 1 is 1.33 bits per heavy atom. The topological polar surface area (TPSA) is 39.1 Å². The quantitative estimate of drug-likeness (QED) is 0.943. The molecule has 4 nitrogen and oxygen atoms in total. The van der Waals surface area contributed by atoms with Crippen LogP contribution in [0.15, 0.2) is 28.9 Å². The Kier molecular flexibility index (Phi) is 4.04. The molecule has 96 valence electrons. The normalized spacial score (nSPS) is 10.7. The number of rotatable bonds is 4. The highest BCUT2D eigenvalue weighted by Gasteiger charge is 2.13. The van der Waals surface area contributed by atoms with E-state index in [1.807, 2.05) is 38.4 Å². The summed E-state index contributed by atoms with van der Waals surface area (Å²) in [4.78, 5) is 4.50. The number of ether oxygens (including phenoxy) is 1. The van der Waals surface area contributed by atoms with Crippen molar-refractivity contribution in [2.75, 3.05) is 14.2 Å². The van der Waals surface area contributed by atoms with Gasteiger partial charge in [-0.25, -0.2) is 4.98 Å². The van der Waals surface area contributed by atoms with Crippen LogP contribution in [0.5, 0.6) is 5.75 Å². The molecule has 1 heterocycles. The molecule has 1 aromatic carbocycles. The van der Waals surface area contributed by atoms with Crippen molar-refractivity contribution in [3.05, 3.63) is 34.7 Å². The largest absolute Gasteiger partial charge is 0.497 e. The van der Waals surface area contributed by atoms with E-state index in [0.29, 0.717) is 0 Å². The smallest absolute Gasteiger partial charge is 0.132 e. The fraction of sp³-hybridized carbons (Fsp3) is 0.308. The highest BCUT2D eigenvalue weighted by atomic mass is 79.9. The van der Waals surface area contributed by atoms with Crippen LogP contribution in [0.2, 0.25) is 0 Å².